The zero-order valence-electron chi connectivity index (χ0n) is 11.7. The first-order valence-electron chi connectivity index (χ1n) is 6.52. The van der Waals surface area contributed by atoms with Crippen LogP contribution in [0.3, 0.4) is 0 Å². The van der Waals surface area contributed by atoms with Crippen molar-refractivity contribution < 1.29 is 4.74 Å². The van der Waals surface area contributed by atoms with Crippen molar-refractivity contribution >= 4 is 0 Å². The molecular formula is C15H22N2O. The molecule has 0 bridgehead atoms. The van der Waals surface area contributed by atoms with Crippen molar-refractivity contribution in [2.75, 3.05) is 13.1 Å². The first kappa shape index (κ1) is 14.5. The Balaban J connectivity index is 2.85. The summed E-state index contributed by atoms with van der Waals surface area (Å²) in [4.78, 5) is 2.14. The molecule has 3 nitrogen and oxygen atoms in total. The van der Waals surface area contributed by atoms with E-state index in [-0.39, 0.29) is 12.1 Å². The molecule has 0 saturated heterocycles. The number of ether oxygens (including phenoxy) is 1. The van der Waals surface area contributed by atoms with Crippen molar-refractivity contribution in [1.82, 2.24) is 4.90 Å². The first-order chi connectivity index (χ1) is 8.62. The van der Waals surface area contributed by atoms with Crippen molar-refractivity contribution in [2.24, 2.45) is 0 Å². The van der Waals surface area contributed by atoms with E-state index in [1.54, 1.807) is 0 Å². The molecule has 0 aliphatic carbocycles. The van der Waals surface area contributed by atoms with Crippen molar-refractivity contribution in [3.05, 3.63) is 29.8 Å². The van der Waals surface area contributed by atoms with E-state index in [0.717, 1.165) is 24.4 Å². The quantitative estimate of drug-likeness (QED) is 0.772. The molecular weight excluding hydrogens is 224 g/mol. The zero-order chi connectivity index (χ0) is 13.5. The molecule has 0 fully saturated rings. The van der Waals surface area contributed by atoms with Crippen molar-refractivity contribution in [3.63, 3.8) is 0 Å². The molecule has 0 spiro atoms. The fraction of sp³-hybridized carbons (Fsp3) is 0.533. The first-order valence-corrected chi connectivity index (χ1v) is 6.52. The summed E-state index contributed by atoms with van der Waals surface area (Å²) in [5.74, 6) is 0.852. The Bertz CT molecular complexity index is 388. The van der Waals surface area contributed by atoms with E-state index in [2.05, 4.69) is 24.8 Å². The molecule has 1 unspecified atom stereocenters. The van der Waals surface area contributed by atoms with Crippen LogP contribution in [0.15, 0.2) is 24.3 Å². The molecule has 0 heterocycles. The third-order valence-electron chi connectivity index (χ3n) is 2.87. The molecule has 3 heteroatoms. The summed E-state index contributed by atoms with van der Waals surface area (Å²) < 4.78 is 5.60. The highest BCUT2D eigenvalue weighted by atomic mass is 16.5. The third-order valence-corrected chi connectivity index (χ3v) is 2.87. The van der Waals surface area contributed by atoms with Crippen LogP contribution in [-0.4, -0.2) is 24.1 Å². The average molecular weight is 246 g/mol. The lowest BCUT2D eigenvalue weighted by Crippen LogP contribution is -2.27. The second-order valence-corrected chi connectivity index (χ2v) is 4.49. The smallest absolute Gasteiger partial charge is 0.123 e. The lowest BCUT2D eigenvalue weighted by Gasteiger charge is -2.24. The Hall–Kier alpha value is -1.53. The molecule has 0 aliphatic rings. The Labute approximate surface area is 110 Å². The highest BCUT2D eigenvalue weighted by Gasteiger charge is 2.16. The van der Waals surface area contributed by atoms with Crippen LogP contribution in [0.2, 0.25) is 0 Å². The van der Waals surface area contributed by atoms with Crippen molar-refractivity contribution in [1.29, 1.82) is 5.26 Å². The van der Waals surface area contributed by atoms with Gasteiger partial charge in [0.2, 0.25) is 0 Å². The van der Waals surface area contributed by atoms with Crippen LogP contribution in [0, 0.1) is 11.3 Å². The van der Waals surface area contributed by atoms with E-state index in [1.165, 1.54) is 0 Å². The summed E-state index contributed by atoms with van der Waals surface area (Å²) in [5, 5.41) is 9.30. The summed E-state index contributed by atoms with van der Waals surface area (Å²) in [7, 11) is 0. The second kappa shape index (κ2) is 7.03. The third kappa shape index (κ3) is 3.75. The summed E-state index contributed by atoms with van der Waals surface area (Å²) in [6.45, 7) is 9.90. The maximum atomic E-state index is 9.30. The number of nitrogens with zero attached hydrogens (tertiary/aromatic N) is 2. The van der Waals surface area contributed by atoms with Gasteiger partial charge in [-0.3, -0.25) is 4.90 Å². The molecule has 0 N–H and O–H groups in total. The van der Waals surface area contributed by atoms with Gasteiger partial charge < -0.3 is 4.74 Å². The van der Waals surface area contributed by atoms with E-state index in [9.17, 15) is 5.26 Å². The Morgan fingerprint density at radius 3 is 2.11 bits per heavy atom. The predicted molar refractivity (Wildman–Crippen MR) is 73.5 cm³/mol. The van der Waals surface area contributed by atoms with Crippen LogP contribution in [0.5, 0.6) is 5.75 Å². The van der Waals surface area contributed by atoms with Gasteiger partial charge in [0.1, 0.15) is 11.8 Å². The maximum absolute atomic E-state index is 9.30. The standard InChI is InChI=1S/C15H22N2O/c1-5-17(6-2)15(11-16)13-7-9-14(10-8-13)18-12(3)4/h7-10,12,15H,5-6H2,1-4H3. The number of nitriles is 1. The summed E-state index contributed by atoms with van der Waals surface area (Å²) in [6.07, 6.45) is 0.172. The van der Waals surface area contributed by atoms with Gasteiger partial charge in [0.25, 0.3) is 0 Å². The van der Waals surface area contributed by atoms with E-state index in [1.807, 2.05) is 38.1 Å². The van der Waals surface area contributed by atoms with E-state index in [4.69, 9.17) is 4.74 Å². The van der Waals surface area contributed by atoms with Crippen LogP contribution in [0.25, 0.3) is 0 Å². The average Bonchev–Trinajstić information content (AvgIpc) is 2.36. The van der Waals surface area contributed by atoms with Gasteiger partial charge in [0.05, 0.1) is 12.2 Å². The van der Waals surface area contributed by atoms with Gasteiger partial charge in [-0.05, 0) is 44.6 Å². The normalized spacial score (nSPS) is 12.5. The lowest BCUT2D eigenvalue weighted by atomic mass is 10.1. The Morgan fingerprint density at radius 1 is 1.17 bits per heavy atom. The minimum atomic E-state index is -0.173. The minimum Gasteiger partial charge on any atom is -0.491 e. The van der Waals surface area contributed by atoms with Crippen molar-refractivity contribution in [3.8, 4) is 11.8 Å². The molecule has 0 radical (unpaired) electrons. The van der Waals surface area contributed by atoms with E-state index in [0.29, 0.717) is 0 Å². The monoisotopic (exact) mass is 246 g/mol. The van der Waals surface area contributed by atoms with Crippen LogP contribution in [0.4, 0.5) is 0 Å². The van der Waals surface area contributed by atoms with E-state index < -0.39 is 0 Å². The largest absolute Gasteiger partial charge is 0.491 e. The van der Waals surface area contributed by atoms with Gasteiger partial charge in [0, 0.05) is 0 Å². The van der Waals surface area contributed by atoms with Gasteiger partial charge in [-0.15, -0.1) is 0 Å². The zero-order valence-corrected chi connectivity index (χ0v) is 11.7. The highest BCUT2D eigenvalue weighted by molar-refractivity contribution is 5.31. The molecule has 0 saturated carbocycles. The molecule has 1 aromatic carbocycles. The maximum Gasteiger partial charge on any atom is 0.123 e. The summed E-state index contributed by atoms with van der Waals surface area (Å²) >= 11 is 0. The minimum absolute atomic E-state index is 0.172. The Kier molecular flexibility index (Phi) is 5.67. The second-order valence-electron chi connectivity index (χ2n) is 4.49. The molecule has 0 amide bonds. The predicted octanol–water partition coefficient (Wildman–Crippen LogP) is 3.38. The Morgan fingerprint density at radius 2 is 1.72 bits per heavy atom. The van der Waals surface area contributed by atoms with Crippen LogP contribution in [0.1, 0.15) is 39.3 Å². The molecule has 0 aromatic heterocycles. The van der Waals surface area contributed by atoms with Crippen LogP contribution in [-0.2, 0) is 0 Å². The molecule has 98 valence electrons. The van der Waals surface area contributed by atoms with Gasteiger partial charge >= 0.3 is 0 Å². The molecule has 1 rings (SSSR count). The van der Waals surface area contributed by atoms with Crippen LogP contribution >= 0.6 is 0 Å². The van der Waals surface area contributed by atoms with Gasteiger partial charge in [-0.1, -0.05) is 26.0 Å². The van der Waals surface area contributed by atoms with Crippen LogP contribution < -0.4 is 4.74 Å². The SMILES string of the molecule is CCN(CC)C(C#N)c1ccc(OC(C)C)cc1. The molecule has 18 heavy (non-hydrogen) atoms. The number of hydrogen-bond donors (Lipinski definition) is 0. The fourth-order valence-electron chi connectivity index (χ4n) is 1.96. The van der Waals surface area contributed by atoms with E-state index >= 15 is 0 Å². The van der Waals surface area contributed by atoms with Gasteiger partial charge in [-0.2, -0.15) is 5.26 Å². The molecule has 0 aliphatic heterocycles. The number of benzene rings is 1. The highest BCUT2D eigenvalue weighted by Crippen LogP contribution is 2.22. The number of rotatable bonds is 6. The topological polar surface area (TPSA) is 36.3 Å². The van der Waals surface area contributed by atoms with Crippen molar-refractivity contribution in [2.45, 2.75) is 39.8 Å². The van der Waals surface area contributed by atoms with Gasteiger partial charge in [-0.25, -0.2) is 0 Å². The molecule has 1 atom stereocenters. The van der Waals surface area contributed by atoms with Gasteiger partial charge in [0.15, 0.2) is 0 Å². The summed E-state index contributed by atoms with van der Waals surface area (Å²) in [5.41, 5.74) is 1.03. The lowest BCUT2D eigenvalue weighted by molar-refractivity contribution is 0.241. The summed E-state index contributed by atoms with van der Waals surface area (Å²) in [6, 6.07) is 10.0. The fourth-order valence-corrected chi connectivity index (χ4v) is 1.96. The molecule has 1 aromatic rings. The number of hydrogen-bond acceptors (Lipinski definition) is 3.